The maximum Gasteiger partial charge on any atom is 0.337 e. The van der Waals surface area contributed by atoms with Gasteiger partial charge < -0.3 is 19.7 Å². The van der Waals surface area contributed by atoms with Crippen molar-refractivity contribution in [3.05, 3.63) is 65.7 Å². The Morgan fingerprint density at radius 2 is 1.77 bits per heavy atom. The zero-order valence-electron chi connectivity index (χ0n) is 17.5. The van der Waals surface area contributed by atoms with E-state index in [9.17, 15) is 4.79 Å². The lowest BCUT2D eigenvalue weighted by Crippen LogP contribution is -2.47. The van der Waals surface area contributed by atoms with E-state index in [-0.39, 0.29) is 36.0 Å². The number of methoxy groups -OCH3 is 1. The summed E-state index contributed by atoms with van der Waals surface area (Å²) < 4.78 is 10.8. The Morgan fingerprint density at radius 1 is 1.10 bits per heavy atom. The van der Waals surface area contributed by atoms with E-state index in [2.05, 4.69) is 17.1 Å². The summed E-state index contributed by atoms with van der Waals surface area (Å²) in [6.45, 7) is 5.27. The van der Waals surface area contributed by atoms with E-state index in [1.807, 2.05) is 42.5 Å². The highest BCUT2D eigenvalue weighted by molar-refractivity contribution is 14.0. The number of rotatable bonds is 6. The van der Waals surface area contributed by atoms with Gasteiger partial charge in [0.25, 0.3) is 0 Å². The highest BCUT2D eigenvalue weighted by atomic mass is 127. The van der Waals surface area contributed by atoms with Gasteiger partial charge in [0, 0.05) is 32.5 Å². The number of halogens is 1. The van der Waals surface area contributed by atoms with Crippen molar-refractivity contribution >= 4 is 35.9 Å². The molecule has 0 aliphatic carbocycles. The van der Waals surface area contributed by atoms with E-state index >= 15 is 0 Å². The molecule has 1 heterocycles. The van der Waals surface area contributed by atoms with Gasteiger partial charge in [0.05, 0.1) is 19.2 Å². The van der Waals surface area contributed by atoms with Crippen molar-refractivity contribution < 1.29 is 14.3 Å². The van der Waals surface area contributed by atoms with E-state index in [1.165, 1.54) is 7.11 Å². The molecule has 6 nitrogen and oxygen atoms in total. The molecule has 1 aliphatic rings. The lowest BCUT2D eigenvalue weighted by atomic mass is 10.1. The fourth-order valence-electron chi connectivity index (χ4n) is 3.33. The van der Waals surface area contributed by atoms with Crippen LogP contribution in [0.5, 0.6) is 5.75 Å². The van der Waals surface area contributed by atoms with Crippen LogP contribution in [0.15, 0.2) is 59.6 Å². The molecule has 0 radical (unpaired) electrons. The molecule has 30 heavy (non-hydrogen) atoms. The van der Waals surface area contributed by atoms with Crippen molar-refractivity contribution in [2.24, 2.45) is 4.99 Å². The van der Waals surface area contributed by atoms with Gasteiger partial charge in [-0.25, -0.2) is 9.79 Å². The average Bonchev–Trinajstić information content (AvgIpc) is 2.78. The fourth-order valence-corrected chi connectivity index (χ4v) is 3.33. The number of nitrogens with zero attached hydrogens (tertiary/aromatic N) is 2. The Hall–Kier alpha value is -2.29. The molecular formula is C23H30IN3O3. The molecule has 2 aromatic carbocycles. The van der Waals surface area contributed by atoms with E-state index in [1.54, 1.807) is 12.1 Å². The van der Waals surface area contributed by atoms with Crippen molar-refractivity contribution in [2.45, 2.75) is 32.4 Å². The van der Waals surface area contributed by atoms with Gasteiger partial charge in [0.15, 0.2) is 5.96 Å². The number of piperidine rings is 1. The first-order valence-electron chi connectivity index (χ1n) is 10.1. The molecule has 1 fully saturated rings. The van der Waals surface area contributed by atoms with Crippen LogP contribution in [0, 0.1) is 0 Å². The third kappa shape index (κ3) is 6.90. The number of carbonyl (C=O) groups excluding carboxylic acids is 1. The minimum atomic E-state index is -0.325. The molecule has 0 bridgehead atoms. The monoisotopic (exact) mass is 523 g/mol. The van der Waals surface area contributed by atoms with Gasteiger partial charge in [-0.2, -0.15) is 0 Å². The predicted octanol–water partition coefficient (Wildman–Crippen LogP) is 4.10. The average molecular weight is 523 g/mol. The van der Waals surface area contributed by atoms with Gasteiger partial charge >= 0.3 is 5.97 Å². The minimum Gasteiger partial charge on any atom is -0.490 e. The maximum absolute atomic E-state index is 11.5. The van der Waals surface area contributed by atoms with Gasteiger partial charge in [0.2, 0.25) is 0 Å². The van der Waals surface area contributed by atoms with Crippen molar-refractivity contribution in [3.8, 4) is 5.75 Å². The van der Waals surface area contributed by atoms with Gasteiger partial charge in [0.1, 0.15) is 11.9 Å². The molecule has 1 aliphatic heterocycles. The highest BCUT2D eigenvalue weighted by Gasteiger charge is 2.22. The zero-order chi connectivity index (χ0) is 20.5. The summed E-state index contributed by atoms with van der Waals surface area (Å²) in [5.74, 6) is 1.53. The molecule has 2 aromatic rings. The summed E-state index contributed by atoms with van der Waals surface area (Å²) in [5, 5.41) is 3.39. The summed E-state index contributed by atoms with van der Waals surface area (Å²) in [6.07, 6.45) is 2.17. The Labute approximate surface area is 195 Å². The van der Waals surface area contributed by atoms with E-state index in [0.717, 1.165) is 49.7 Å². The fraction of sp³-hybridized carbons (Fsp3) is 0.391. The highest BCUT2D eigenvalue weighted by Crippen LogP contribution is 2.19. The molecule has 3 rings (SSSR count). The number of hydrogen-bond donors (Lipinski definition) is 1. The van der Waals surface area contributed by atoms with Crippen LogP contribution >= 0.6 is 24.0 Å². The molecule has 0 aromatic heterocycles. The van der Waals surface area contributed by atoms with Crippen LogP contribution in [0.4, 0.5) is 0 Å². The zero-order valence-corrected chi connectivity index (χ0v) is 19.9. The van der Waals surface area contributed by atoms with Crippen LogP contribution in [0.3, 0.4) is 0 Å². The topological polar surface area (TPSA) is 63.2 Å². The number of carbonyl (C=O) groups is 1. The molecule has 0 spiro atoms. The quantitative estimate of drug-likeness (QED) is 0.268. The molecule has 0 atom stereocenters. The van der Waals surface area contributed by atoms with Crippen LogP contribution in [0.2, 0.25) is 0 Å². The second-order valence-electron chi connectivity index (χ2n) is 6.98. The largest absolute Gasteiger partial charge is 0.490 e. The number of ether oxygens (including phenoxy) is 2. The molecule has 7 heteroatoms. The molecule has 162 valence electrons. The van der Waals surface area contributed by atoms with Crippen LogP contribution in [-0.4, -0.2) is 49.7 Å². The Balaban J connectivity index is 0.00000320. The third-order valence-electron chi connectivity index (χ3n) is 4.91. The molecular weight excluding hydrogens is 493 g/mol. The second-order valence-corrected chi connectivity index (χ2v) is 6.98. The lowest BCUT2D eigenvalue weighted by Gasteiger charge is -2.34. The summed E-state index contributed by atoms with van der Waals surface area (Å²) in [5.41, 5.74) is 1.60. The number of esters is 1. The Kier molecular flexibility index (Phi) is 9.93. The number of nitrogens with one attached hydrogen (secondary N) is 1. The van der Waals surface area contributed by atoms with Crippen molar-refractivity contribution in [1.29, 1.82) is 0 Å². The standard InChI is InChI=1S/C23H29N3O3.HI/c1-3-24-23(25-17-18-9-11-19(12-10-18)22(27)28-2)26-15-13-21(14-16-26)29-20-7-5-4-6-8-20;/h4-12,21H,3,13-17H2,1-2H3,(H,24,25);1H. The number of para-hydroxylation sites is 1. The van der Waals surface area contributed by atoms with E-state index in [4.69, 9.17) is 14.5 Å². The molecule has 0 saturated carbocycles. The maximum atomic E-state index is 11.5. The third-order valence-corrected chi connectivity index (χ3v) is 4.91. The summed E-state index contributed by atoms with van der Waals surface area (Å²) in [6, 6.07) is 17.4. The smallest absolute Gasteiger partial charge is 0.337 e. The normalized spacial score (nSPS) is 14.6. The molecule has 1 N–H and O–H groups in total. The van der Waals surface area contributed by atoms with Crippen LogP contribution in [0.1, 0.15) is 35.7 Å². The van der Waals surface area contributed by atoms with Gasteiger partial charge in [-0.05, 0) is 36.8 Å². The van der Waals surface area contributed by atoms with Crippen LogP contribution in [0.25, 0.3) is 0 Å². The molecule has 1 saturated heterocycles. The first kappa shape index (κ1) is 24.0. The lowest BCUT2D eigenvalue weighted by molar-refractivity contribution is 0.0600. The number of aliphatic imine (C=N–C) groups is 1. The first-order valence-corrected chi connectivity index (χ1v) is 10.1. The van der Waals surface area contributed by atoms with Crippen LogP contribution < -0.4 is 10.1 Å². The summed E-state index contributed by atoms with van der Waals surface area (Å²) >= 11 is 0. The van der Waals surface area contributed by atoms with Gasteiger partial charge in [-0.1, -0.05) is 30.3 Å². The van der Waals surface area contributed by atoms with Crippen molar-refractivity contribution in [3.63, 3.8) is 0 Å². The van der Waals surface area contributed by atoms with Crippen LogP contribution in [-0.2, 0) is 11.3 Å². The van der Waals surface area contributed by atoms with Crippen molar-refractivity contribution in [1.82, 2.24) is 10.2 Å². The van der Waals surface area contributed by atoms with Gasteiger partial charge in [-0.3, -0.25) is 0 Å². The molecule has 0 amide bonds. The number of likely N-dealkylation sites (tertiary alicyclic amines) is 1. The first-order chi connectivity index (χ1) is 14.2. The van der Waals surface area contributed by atoms with E-state index < -0.39 is 0 Å². The Morgan fingerprint density at radius 3 is 2.37 bits per heavy atom. The summed E-state index contributed by atoms with van der Waals surface area (Å²) in [7, 11) is 1.39. The predicted molar refractivity (Wildman–Crippen MR) is 130 cm³/mol. The number of hydrogen-bond acceptors (Lipinski definition) is 4. The van der Waals surface area contributed by atoms with E-state index in [0.29, 0.717) is 12.1 Å². The SMILES string of the molecule is CCNC(=NCc1ccc(C(=O)OC)cc1)N1CCC(Oc2ccccc2)CC1.I. The summed E-state index contributed by atoms with van der Waals surface area (Å²) in [4.78, 5) is 18.6. The minimum absolute atomic E-state index is 0. The Bertz CT molecular complexity index is 804. The second kappa shape index (κ2) is 12.4. The molecule has 0 unspecified atom stereocenters. The number of benzene rings is 2. The van der Waals surface area contributed by atoms with Gasteiger partial charge in [-0.15, -0.1) is 24.0 Å². The number of guanidine groups is 1. The van der Waals surface area contributed by atoms with Crippen molar-refractivity contribution in [2.75, 3.05) is 26.7 Å².